The van der Waals surface area contributed by atoms with Gasteiger partial charge >= 0.3 is 0 Å². The van der Waals surface area contributed by atoms with E-state index >= 15 is 0 Å². The van der Waals surface area contributed by atoms with Crippen LogP contribution < -0.4 is 10.1 Å². The van der Waals surface area contributed by atoms with Crippen LogP contribution in [-0.4, -0.2) is 12.0 Å². The molecular formula is C16H15Cl2NO2. The van der Waals surface area contributed by atoms with Gasteiger partial charge in [-0.3, -0.25) is 4.79 Å². The Morgan fingerprint density at radius 1 is 1.14 bits per heavy atom. The quantitative estimate of drug-likeness (QED) is 0.885. The maximum Gasteiger partial charge on any atom is 0.265 e. The average Bonchev–Trinajstić information content (AvgIpc) is 2.41. The third-order valence-electron chi connectivity index (χ3n) is 2.92. The molecule has 0 saturated heterocycles. The Labute approximate surface area is 133 Å². The van der Waals surface area contributed by atoms with E-state index in [0.29, 0.717) is 21.5 Å². The topological polar surface area (TPSA) is 38.3 Å². The largest absolute Gasteiger partial charge is 0.481 e. The Kier molecular flexibility index (Phi) is 5.10. The van der Waals surface area contributed by atoms with E-state index in [1.807, 2.05) is 6.92 Å². The number of anilines is 1. The van der Waals surface area contributed by atoms with Crippen LogP contribution in [0, 0.1) is 6.92 Å². The van der Waals surface area contributed by atoms with Crippen molar-refractivity contribution in [2.75, 3.05) is 5.32 Å². The van der Waals surface area contributed by atoms with Crippen molar-refractivity contribution in [2.24, 2.45) is 0 Å². The maximum absolute atomic E-state index is 12.1. The molecule has 0 aliphatic carbocycles. The van der Waals surface area contributed by atoms with Gasteiger partial charge in [0.2, 0.25) is 0 Å². The van der Waals surface area contributed by atoms with Crippen LogP contribution in [0.1, 0.15) is 12.5 Å². The second-order valence-corrected chi connectivity index (χ2v) is 5.54. The Morgan fingerprint density at radius 2 is 1.86 bits per heavy atom. The van der Waals surface area contributed by atoms with E-state index in [2.05, 4.69) is 5.32 Å². The summed E-state index contributed by atoms with van der Waals surface area (Å²) in [6.45, 7) is 3.56. The first-order valence-corrected chi connectivity index (χ1v) is 7.20. The summed E-state index contributed by atoms with van der Waals surface area (Å²) < 4.78 is 5.57. The summed E-state index contributed by atoms with van der Waals surface area (Å²) in [5.74, 6) is 0.318. The normalized spacial score (nSPS) is 11.8. The predicted octanol–water partition coefficient (Wildman–Crippen LogP) is 4.71. The second kappa shape index (κ2) is 6.83. The number of hydrogen-bond acceptors (Lipinski definition) is 2. The molecule has 0 radical (unpaired) electrons. The molecule has 0 fully saturated rings. The fourth-order valence-electron chi connectivity index (χ4n) is 1.80. The molecule has 0 unspecified atom stereocenters. The predicted molar refractivity (Wildman–Crippen MR) is 86.4 cm³/mol. The molecule has 0 aromatic heterocycles. The van der Waals surface area contributed by atoms with Crippen LogP contribution in [0.3, 0.4) is 0 Å². The van der Waals surface area contributed by atoms with Crippen molar-refractivity contribution in [3.05, 3.63) is 58.1 Å². The Hall–Kier alpha value is -1.71. The van der Waals surface area contributed by atoms with Crippen LogP contribution in [0.2, 0.25) is 10.0 Å². The van der Waals surface area contributed by atoms with Gasteiger partial charge in [-0.1, -0.05) is 29.3 Å². The molecule has 3 nitrogen and oxygen atoms in total. The van der Waals surface area contributed by atoms with Gasteiger partial charge in [-0.25, -0.2) is 0 Å². The zero-order valence-electron chi connectivity index (χ0n) is 11.7. The van der Waals surface area contributed by atoms with Crippen LogP contribution in [-0.2, 0) is 4.79 Å². The van der Waals surface area contributed by atoms with Crippen molar-refractivity contribution in [1.29, 1.82) is 0 Å². The standard InChI is InChI=1S/C16H15Cl2NO2/c1-10-8-13(18)6-7-15(10)19-16(20)11(2)21-14-5-3-4-12(17)9-14/h3-9,11H,1-2H3,(H,19,20)/t11-/m0/s1. The van der Waals surface area contributed by atoms with Crippen LogP contribution in [0.4, 0.5) is 5.69 Å². The molecule has 2 aromatic rings. The summed E-state index contributed by atoms with van der Waals surface area (Å²) in [6.07, 6.45) is -0.640. The van der Waals surface area contributed by atoms with Gasteiger partial charge in [-0.2, -0.15) is 0 Å². The summed E-state index contributed by atoms with van der Waals surface area (Å²) in [5, 5.41) is 4.01. The third-order valence-corrected chi connectivity index (χ3v) is 3.39. The van der Waals surface area contributed by atoms with Crippen molar-refractivity contribution in [3.8, 4) is 5.75 Å². The lowest BCUT2D eigenvalue weighted by Gasteiger charge is -2.16. The minimum absolute atomic E-state index is 0.236. The lowest BCUT2D eigenvalue weighted by atomic mass is 10.2. The highest BCUT2D eigenvalue weighted by molar-refractivity contribution is 6.31. The van der Waals surface area contributed by atoms with E-state index in [-0.39, 0.29) is 5.91 Å². The van der Waals surface area contributed by atoms with Crippen molar-refractivity contribution < 1.29 is 9.53 Å². The lowest BCUT2D eigenvalue weighted by molar-refractivity contribution is -0.122. The molecule has 0 spiro atoms. The van der Waals surface area contributed by atoms with Gasteiger partial charge in [0.1, 0.15) is 5.75 Å². The smallest absolute Gasteiger partial charge is 0.265 e. The van der Waals surface area contributed by atoms with Crippen LogP contribution in [0.5, 0.6) is 5.75 Å². The molecule has 0 aliphatic heterocycles. The molecule has 1 amide bonds. The molecule has 0 bridgehead atoms. The number of rotatable bonds is 4. The van der Waals surface area contributed by atoms with Gasteiger partial charge in [-0.15, -0.1) is 0 Å². The summed E-state index contributed by atoms with van der Waals surface area (Å²) in [5.41, 5.74) is 1.61. The molecule has 0 aliphatic rings. The van der Waals surface area contributed by atoms with E-state index in [0.717, 1.165) is 5.56 Å². The number of carbonyl (C=O) groups is 1. The second-order valence-electron chi connectivity index (χ2n) is 4.67. The first kappa shape index (κ1) is 15.7. The zero-order chi connectivity index (χ0) is 15.4. The van der Waals surface area contributed by atoms with Crippen molar-refractivity contribution in [2.45, 2.75) is 20.0 Å². The summed E-state index contributed by atoms with van der Waals surface area (Å²) in [7, 11) is 0. The maximum atomic E-state index is 12.1. The number of halogens is 2. The number of aryl methyl sites for hydroxylation is 1. The monoisotopic (exact) mass is 323 g/mol. The third kappa shape index (κ3) is 4.38. The highest BCUT2D eigenvalue weighted by atomic mass is 35.5. The summed E-state index contributed by atoms with van der Waals surface area (Å²) >= 11 is 11.8. The van der Waals surface area contributed by atoms with Crippen LogP contribution >= 0.6 is 23.2 Å². The van der Waals surface area contributed by atoms with Gasteiger partial charge in [-0.05, 0) is 55.8 Å². The Balaban J connectivity index is 2.02. The molecule has 2 rings (SSSR count). The zero-order valence-corrected chi connectivity index (χ0v) is 13.2. The van der Waals surface area contributed by atoms with Gasteiger partial charge in [0, 0.05) is 15.7 Å². The van der Waals surface area contributed by atoms with E-state index in [1.165, 1.54) is 0 Å². The number of carbonyl (C=O) groups excluding carboxylic acids is 1. The van der Waals surface area contributed by atoms with Gasteiger partial charge in [0.15, 0.2) is 6.10 Å². The highest BCUT2D eigenvalue weighted by Crippen LogP contribution is 2.21. The molecule has 0 saturated carbocycles. The molecule has 110 valence electrons. The van der Waals surface area contributed by atoms with E-state index in [9.17, 15) is 4.79 Å². The highest BCUT2D eigenvalue weighted by Gasteiger charge is 2.15. The lowest BCUT2D eigenvalue weighted by Crippen LogP contribution is -2.30. The Morgan fingerprint density at radius 3 is 2.52 bits per heavy atom. The summed E-state index contributed by atoms with van der Waals surface area (Å²) in [6, 6.07) is 12.2. The van der Waals surface area contributed by atoms with E-state index in [1.54, 1.807) is 49.4 Å². The van der Waals surface area contributed by atoms with Crippen molar-refractivity contribution in [3.63, 3.8) is 0 Å². The number of nitrogens with one attached hydrogen (secondary N) is 1. The first-order chi connectivity index (χ1) is 9.95. The first-order valence-electron chi connectivity index (χ1n) is 6.45. The molecule has 21 heavy (non-hydrogen) atoms. The number of amides is 1. The SMILES string of the molecule is Cc1cc(Cl)ccc1NC(=O)[C@H](C)Oc1cccc(Cl)c1. The van der Waals surface area contributed by atoms with Crippen LogP contribution in [0.15, 0.2) is 42.5 Å². The van der Waals surface area contributed by atoms with Crippen molar-refractivity contribution >= 4 is 34.8 Å². The number of hydrogen-bond donors (Lipinski definition) is 1. The fraction of sp³-hybridized carbons (Fsp3) is 0.188. The molecule has 2 aromatic carbocycles. The molecule has 5 heteroatoms. The van der Waals surface area contributed by atoms with Crippen molar-refractivity contribution in [1.82, 2.24) is 0 Å². The minimum Gasteiger partial charge on any atom is -0.481 e. The molecule has 1 atom stereocenters. The van der Waals surface area contributed by atoms with E-state index < -0.39 is 6.10 Å². The minimum atomic E-state index is -0.640. The summed E-state index contributed by atoms with van der Waals surface area (Å²) in [4.78, 5) is 12.1. The van der Waals surface area contributed by atoms with E-state index in [4.69, 9.17) is 27.9 Å². The van der Waals surface area contributed by atoms with Gasteiger partial charge in [0.25, 0.3) is 5.91 Å². The fourth-order valence-corrected chi connectivity index (χ4v) is 2.21. The molecule has 0 heterocycles. The molecule has 1 N–H and O–H groups in total. The Bertz CT molecular complexity index is 658. The van der Waals surface area contributed by atoms with Gasteiger partial charge < -0.3 is 10.1 Å². The molecular weight excluding hydrogens is 309 g/mol. The van der Waals surface area contributed by atoms with Gasteiger partial charge in [0.05, 0.1) is 0 Å². The number of ether oxygens (including phenoxy) is 1. The average molecular weight is 324 g/mol. The van der Waals surface area contributed by atoms with Crippen LogP contribution in [0.25, 0.3) is 0 Å². The number of benzene rings is 2.